The lowest BCUT2D eigenvalue weighted by atomic mass is 9.98. The molecule has 0 aliphatic carbocycles. The third kappa shape index (κ3) is 2.13. The van der Waals surface area contributed by atoms with E-state index in [-0.39, 0.29) is 0 Å². The Bertz CT molecular complexity index is 749. The van der Waals surface area contributed by atoms with Crippen molar-refractivity contribution in [3.05, 3.63) is 58.4 Å². The minimum Gasteiger partial charge on any atom is -0.305 e. The fraction of sp³-hybridized carbons (Fsp3) is 0.188. The molecular formula is C16H15ClN2. The number of rotatable bonds is 1. The van der Waals surface area contributed by atoms with Crippen LogP contribution in [0.5, 0.6) is 0 Å². The number of imidazole rings is 1. The van der Waals surface area contributed by atoms with Crippen molar-refractivity contribution in [3.8, 4) is 11.3 Å². The Labute approximate surface area is 117 Å². The van der Waals surface area contributed by atoms with Crippen molar-refractivity contribution in [1.82, 2.24) is 9.38 Å². The van der Waals surface area contributed by atoms with Crippen molar-refractivity contribution >= 4 is 17.2 Å². The second kappa shape index (κ2) is 4.39. The zero-order valence-corrected chi connectivity index (χ0v) is 12.0. The van der Waals surface area contributed by atoms with Gasteiger partial charge in [0.25, 0.3) is 0 Å². The summed E-state index contributed by atoms with van der Waals surface area (Å²) in [7, 11) is 0. The van der Waals surface area contributed by atoms with E-state index in [1.54, 1.807) is 0 Å². The molecule has 0 saturated heterocycles. The Balaban J connectivity index is 2.24. The summed E-state index contributed by atoms with van der Waals surface area (Å²) in [6.07, 6.45) is 3.91. The number of benzene rings is 1. The smallest absolute Gasteiger partial charge is 0.137 e. The Hall–Kier alpha value is -1.80. The highest BCUT2D eigenvalue weighted by Gasteiger charge is 2.10. The highest BCUT2D eigenvalue weighted by Crippen LogP contribution is 2.28. The number of hydrogen-bond acceptors (Lipinski definition) is 1. The topological polar surface area (TPSA) is 17.3 Å². The van der Waals surface area contributed by atoms with Gasteiger partial charge in [0.2, 0.25) is 0 Å². The standard InChI is InChI=1S/C16H15ClN2/c1-10-6-11(2)16(12(3)7-10)14-9-19-8-13(17)4-5-15(19)18-14/h4-9H,1-3H3. The first-order valence-corrected chi connectivity index (χ1v) is 6.65. The summed E-state index contributed by atoms with van der Waals surface area (Å²) < 4.78 is 1.97. The maximum atomic E-state index is 6.01. The molecule has 0 amide bonds. The SMILES string of the molecule is Cc1cc(C)c(-c2cn3cc(Cl)ccc3n2)c(C)c1. The van der Waals surface area contributed by atoms with Crippen LogP contribution < -0.4 is 0 Å². The zero-order valence-electron chi connectivity index (χ0n) is 11.2. The van der Waals surface area contributed by atoms with E-state index in [0.717, 1.165) is 11.3 Å². The molecule has 0 aliphatic rings. The summed E-state index contributed by atoms with van der Waals surface area (Å²) in [5.74, 6) is 0. The van der Waals surface area contributed by atoms with Crippen molar-refractivity contribution in [1.29, 1.82) is 0 Å². The van der Waals surface area contributed by atoms with E-state index in [1.165, 1.54) is 22.3 Å². The van der Waals surface area contributed by atoms with Crippen LogP contribution in [0.3, 0.4) is 0 Å². The van der Waals surface area contributed by atoms with Crippen LogP contribution in [-0.4, -0.2) is 9.38 Å². The van der Waals surface area contributed by atoms with Gasteiger partial charge >= 0.3 is 0 Å². The zero-order chi connectivity index (χ0) is 13.6. The van der Waals surface area contributed by atoms with Crippen LogP contribution in [0, 0.1) is 20.8 Å². The third-order valence-corrected chi connectivity index (χ3v) is 3.57. The van der Waals surface area contributed by atoms with Crippen LogP contribution in [0.15, 0.2) is 36.7 Å². The second-order valence-electron chi connectivity index (χ2n) is 5.01. The predicted octanol–water partition coefficient (Wildman–Crippen LogP) is 4.58. The normalized spacial score (nSPS) is 11.2. The molecular weight excluding hydrogens is 256 g/mol. The van der Waals surface area contributed by atoms with Crippen molar-refractivity contribution in [2.75, 3.05) is 0 Å². The molecule has 0 N–H and O–H groups in total. The van der Waals surface area contributed by atoms with E-state index in [1.807, 2.05) is 28.9 Å². The maximum absolute atomic E-state index is 6.01. The number of pyridine rings is 1. The van der Waals surface area contributed by atoms with E-state index in [4.69, 9.17) is 11.6 Å². The fourth-order valence-corrected chi connectivity index (χ4v) is 2.84. The summed E-state index contributed by atoms with van der Waals surface area (Å²) in [6.45, 7) is 6.38. The van der Waals surface area contributed by atoms with Gasteiger partial charge in [-0.1, -0.05) is 29.3 Å². The molecule has 0 radical (unpaired) electrons. The number of halogens is 1. The average Bonchev–Trinajstić information content (AvgIpc) is 2.69. The van der Waals surface area contributed by atoms with Gasteiger partial charge in [-0.15, -0.1) is 0 Å². The number of nitrogens with zero attached hydrogens (tertiary/aromatic N) is 2. The van der Waals surface area contributed by atoms with Crippen LogP contribution in [-0.2, 0) is 0 Å². The van der Waals surface area contributed by atoms with Gasteiger partial charge in [-0.2, -0.15) is 0 Å². The summed E-state index contributed by atoms with van der Waals surface area (Å²) in [4.78, 5) is 4.68. The first-order chi connectivity index (χ1) is 9.04. The van der Waals surface area contributed by atoms with Crippen LogP contribution in [0.4, 0.5) is 0 Å². The summed E-state index contributed by atoms with van der Waals surface area (Å²) in [5.41, 5.74) is 6.92. The van der Waals surface area contributed by atoms with Gasteiger partial charge in [0.15, 0.2) is 0 Å². The molecule has 3 aromatic rings. The molecule has 0 unspecified atom stereocenters. The Morgan fingerprint density at radius 1 is 1.00 bits per heavy atom. The number of aromatic nitrogens is 2. The molecule has 96 valence electrons. The van der Waals surface area contributed by atoms with Crippen LogP contribution in [0.2, 0.25) is 5.02 Å². The van der Waals surface area contributed by atoms with Gasteiger partial charge in [0.05, 0.1) is 10.7 Å². The van der Waals surface area contributed by atoms with E-state index in [9.17, 15) is 0 Å². The molecule has 0 aliphatic heterocycles. The number of hydrogen-bond donors (Lipinski definition) is 0. The molecule has 0 atom stereocenters. The summed E-state index contributed by atoms with van der Waals surface area (Å²) in [5, 5.41) is 0.716. The average molecular weight is 271 g/mol. The van der Waals surface area contributed by atoms with E-state index in [2.05, 4.69) is 37.9 Å². The summed E-state index contributed by atoms with van der Waals surface area (Å²) >= 11 is 6.01. The van der Waals surface area contributed by atoms with E-state index in [0.29, 0.717) is 5.02 Å². The van der Waals surface area contributed by atoms with Crippen molar-refractivity contribution < 1.29 is 0 Å². The van der Waals surface area contributed by atoms with Crippen molar-refractivity contribution in [2.24, 2.45) is 0 Å². The van der Waals surface area contributed by atoms with Crippen LogP contribution in [0.25, 0.3) is 16.9 Å². The largest absolute Gasteiger partial charge is 0.305 e. The fourth-order valence-electron chi connectivity index (χ4n) is 2.67. The van der Waals surface area contributed by atoms with Gasteiger partial charge in [-0.3, -0.25) is 0 Å². The van der Waals surface area contributed by atoms with E-state index < -0.39 is 0 Å². The van der Waals surface area contributed by atoms with Crippen molar-refractivity contribution in [2.45, 2.75) is 20.8 Å². The Morgan fingerprint density at radius 2 is 1.68 bits per heavy atom. The van der Waals surface area contributed by atoms with Gasteiger partial charge in [0, 0.05) is 18.0 Å². The van der Waals surface area contributed by atoms with Crippen LogP contribution in [0.1, 0.15) is 16.7 Å². The molecule has 0 saturated carbocycles. The molecule has 1 aromatic carbocycles. The lowest BCUT2D eigenvalue weighted by Gasteiger charge is -2.08. The van der Waals surface area contributed by atoms with Crippen LogP contribution >= 0.6 is 11.6 Å². The first-order valence-electron chi connectivity index (χ1n) is 6.27. The van der Waals surface area contributed by atoms with Gasteiger partial charge < -0.3 is 4.40 Å². The predicted molar refractivity (Wildman–Crippen MR) is 79.8 cm³/mol. The minimum absolute atomic E-state index is 0.716. The Kier molecular flexibility index (Phi) is 2.83. The molecule has 0 spiro atoms. The molecule has 0 fully saturated rings. The Morgan fingerprint density at radius 3 is 2.37 bits per heavy atom. The molecule has 2 nitrogen and oxygen atoms in total. The lowest BCUT2D eigenvalue weighted by Crippen LogP contribution is -1.89. The number of aryl methyl sites for hydroxylation is 3. The molecule has 2 aromatic heterocycles. The molecule has 2 heterocycles. The molecule has 3 rings (SSSR count). The lowest BCUT2D eigenvalue weighted by molar-refractivity contribution is 1.19. The van der Waals surface area contributed by atoms with E-state index >= 15 is 0 Å². The third-order valence-electron chi connectivity index (χ3n) is 3.35. The van der Waals surface area contributed by atoms with Gasteiger partial charge in [0.1, 0.15) is 5.65 Å². The minimum atomic E-state index is 0.716. The van der Waals surface area contributed by atoms with Gasteiger partial charge in [-0.25, -0.2) is 4.98 Å². The number of fused-ring (bicyclic) bond motifs is 1. The van der Waals surface area contributed by atoms with Crippen molar-refractivity contribution in [3.63, 3.8) is 0 Å². The van der Waals surface area contributed by atoms with Gasteiger partial charge in [-0.05, 0) is 44.0 Å². The highest BCUT2D eigenvalue weighted by atomic mass is 35.5. The first kappa shape index (κ1) is 12.2. The quantitative estimate of drug-likeness (QED) is 0.633. The maximum Gasteiger partial charge on any atom is 0.137 e. The molecule has 3 heteroatoms. The molecule has 0 bridgehead atoms. The summed E-state index contributed by atoms with van der Waals surface area (Å²) in [6, 6.07) is 8.19. The monoisotopic (exact) mass is 270 g/mol. The highest BCUT2D eigenvalue weighted by molar-refractivity contribution is 6.30. The second-order valence-corrected chi connectivity index (χ2v) is 5.45. The molecule has 19 heavy (non-hydrogen) atoms.